The monoisotopic (exact) mass is 1100 g/mol. The zero-order chi connectivity index (χ0) is 57.0. The van der Waals surface area contributed by atoms with Crippen molar-refractivity contribution in [1.29, 1.82) is 0 Å². The molecule has 0 saturated carbocycles. The van der Waals surface area contributed by atoms with E-state index in [2.05, 4.69) is 101 Å². The molecular weight excluding hydrogens is 1000 g/mol. The minimum atomic E-state index is -0.0159. The maximum atomic E-state index is 13.1. The number of likely N-dealkylation sites (tertiary alicyclic amines) is 1. The van der Waals surface area contributed by atoms with E-state index >= 15 is 0 Å². The molecule has 1 aromatic rings. The third-order valence-corrected chi connectivity index (χ3v) is 12.6. The van der Waals surface area contributed by atoms with E-state index in [9.17, 15) is 9.59 Å². The average Bonchev–Trinajstić information content (AvgIpc) is 4.10. The highest BCUT2D eigenvalue weighted by atomic mass is 35.5. The Bertz CT molecular complexity index is 1440. The van der Waals surface area contributed by atoms with Gasteiger partial charge in [0.05, 0.1) is 75.5 Å². The van der Waals surface area contributed by atoms with Crippen molar-refractivity contribution >= 4 is 65.6 Å². The number of likely N-dealkylation sites (N-methyl/N-ethyl adjacent to an activating group) is 1. The highest BCUT2D eigenvalue weighted by Gasteiger charge is 2.39. The molecule has 0 spiro atoms. The topological polar surface area (TPSA) is 224 Å². The number of allylic oxidation sites excluding steroid dienone is 4. The number of aromatic nitrogens is 1. The van der Waals surface area contributed by atoms with Crippen LogP contribution in [0.25, 0.3) is 0 Å². The number of thiazole rings is 1. The van der Waals surface area contributed by atoms with Crippen molar-refractivity contribution in [3.63, 3.8) is 0 Å². The zero-order valence-corrected chi connectivity index (χ0v) is 49.5. The van der Waals surface area contributed by atoms with Gasteiger partial charge in [-0.1, -0.05) is 113 Å². The molecule has 7 unspecified atom stereocenters. The summed E-state index contributed by atoms with van der Waals surface area (Å²) in [6.45, 7) is 34.9. The molecule has 4 amide bonds. The second-order valence-corrected chi connectivity index (χ2v) is 18.5. The second kappa shape index (κ2) is 56.4. The van der Waals surface area contributed by atoms with E-state index in [0.717, 1.165) is 62.1 Å². The number of hydrogen-bond donors (Lipinski definition) is 3. The highest BCUT2D eigenvalue weighted by molar-refractivity contribution is 7.09. The van der Waals surface area contributed by atoms with Gasteiger partial charge in [0.15, 0.2) is 0 Å². The zero-order valence-electron chi connectivity index (χ0n) is 47.1. The van der Waals surface area contributed by atoms with Crippen LogP contribution in [0.15, 0.2) is 48.5 Å². The molecule has 73 heavy (non-hydrogen) atoms. The Morgan fingerprint density at radius 3 is 1.86 bits per heavy atom. The van der Waals surface area contributed by atoms with Crippen LogP contribution >= 0.6 is 34.7 Å². The van der Waals surface area contributed by atoms with Crippen molar-refractivity contribution in [2.45, 2.75) is 138 Å². The van der Waals surface area contributed by atoms with Gasteiger partial charge in [-0.3, -0.25) is 24.0 Å². The minimum absolute atomic E-state index is 0.0159. The lowest BCUT2D eigenvalue weighted by atomic mass is 9.81. The molecule has 1 saturated heterocycles. The lowest BCUT2D eigenvalue weighted by Crippen LogP contribution is -2.51. The number of nitrogens with zero attached hydrogens (tertiary/aromatic N) is 3. The van der Waals surface area contributed by atoms with E-state index in [0.29, 0.717) is 70.5 Å². The number of ether oxygens (including phenoxy) is 6. The molecule has 0 bridgehead atoms. The standard InChI is InChI=1S/C20H28N2O2S.C19H39NO2.C9H20ClNO4.C2H6.CHClO.2CH3NO/c1-5-6-8-15(2)13-17(20-21-10-12-25-20)16(3)19(24-4)18-9-7-11-22(18)14-23;1-10-15(7)18(17(11-2)22-9)20(8)19(21)16(14(5)6)12-13(3)4;1-12-4-5-14-8-9-15-7-6-13-3-2-11-10;1-2;3*2-1-3/h5-6,8,10,12,14,16-19H,1-2,7,9,11,13H2,3-4H3;13-18H,10-12H2,1-9H3;11H,2-9H2,1H3;1-2H3;1H;2*1H,(H2,2,3)/b8-6-;;;;;;/t;15?,16?,17?,18-;;;;;/m.0...../s1. The smallest absolute Gasteiger partial charge is 0.226 e. The molecule has 1 aliphatic rings. The molecule has 0 aromatic carbocycles. The number of halogens is 2. The van der Waals surface area contributed by atoms with Gasteiger partial charge in [-0.2, -0.15) is 0 Å². The largest absolute Gasteiger partial charge is 0.382 e. The first kappa shape index (κ1) is 78.6. The molecule has 1 fully saturated rings. The van der Waals surface area contributed by atoms with Crippen LogP contribution in [0.2, 0.25) is 0 Å². The normalized spacial score (nSPS) is 15.3. The molecule has 428 valence electrons. The molecule has 2 heterocycles. The minimum Gasteiger partial charge on any atom is -0.382 e. The molecule has 8 atom stereocenters. The van der Waals surface area contributed by atoms with Crippen molar-refractivity contribution in [2.24, 2.45) is 41.1 Å². The molecule has 1 aromatic heterocycles. The number of carbonyl (C=O) groups is 5. The number of nitrogens with two attached hydrogens (primary N) is 2. The van der Waals surface area contributed by atoms with Crippen molar-refractivity contribution in [2.75, 3.05) is 87.7 Å². The Morgan fingerprint density at radius 2 is 1.47 bits per heavy atom. The van der Waals surface area contributed by atoms with E-state index in [1.165, 1.54) is 0 Å². The van der Waals surface area contributed by atoms with Crippen LogP contribution in [0, 0.1) is 29.6 Å². The number of primary amides is 2. The summed E-state index contributed by atoms with van der Waals surface area (Å²) < 4.78 is 32.0. The molecule has 1 aliphatic heterocycles. The summed E-state index contributed by atoms with van der Waals surface area (Å²) in [7, 11) is 7.12. The summed E-state index contributed by atoms with van der Waals surface area (Å²) in [5.41, 5.74) is 9.38. The van der Waals surface area contributed by atoms with Crippen LogP contribution in [0.5, 0.6) is 0 Å². The molecule has 5 N–H and O–H groups in total. The quantitative estimate of drug-likeness (QED) is 0.0202. The molecule has 20 heteroatoms. The molecule has 0 radical (unpaired) electrons. The summed E-state index contributed by atoms with van der Waals surface area (Å²) in [4.78, 5) is 61.1. The molecule has 0 aliphatic carbocycles. The van der Waals surface area contributed by atoms with Crippen LogP contribution in [0.1, 0.15) is 119 Å². The van der Waals surface area contributed by atoms with Crippen LogP contribution in [-0.2, 0) is 52.4 Å². The van der Waals surface area contributed by atoms with Gasteiger partial charge < -0.3 is 49.7 Å². The van der Waals surface area contributed by atoms with E-state index in [1.807, 2.05) is 54.4 Å². The van der Waals surface area contributed by atoms with Gasteiger partial charge in [-0.15, -0.1) is 11.3 Å². The van der Waals surface area contributed by atoms with Crippen molar-refractivity contribution in [3.8, 4) is 0 Å². The van der Waals surface area contributed by atoms with Gasteiger partial charge in [0.1, 0.15) is 0 Å². The fourth-order valence-corrected chi connectivity index (χ4v) is 8.81. The van der Waals surface area contributed by atoms with Crippen molar-refractivity contribution in [1.82, 2.24) is 19.6 Å². The summed E-state index contributed by atoms with van der Waals surface area (Å²) >= 11 is 11.2. The van der Waals surface area contributed by atoms with Gasteiger partial charge in [-0.05, 0) is 79.2 Å². The predicted molar refractivity (Wildman–Crippen MR) is 301 cm³/mol. The fourth-order valence-electron chi connectivity index (χ4n) is 7.88. The SMILES string of the molecule is C=C/C=C\C(=C)CC(c1nccs1)C(C)C(OC)C1CCCN1C=O.CC.CCC(C)[C@@H](C(CC)OC)N(C)C(=O)C(CC(C)C)C(C)C.COCCOCCOCCOCCNCl.NC=O.NC=O.O=CCl. The summed E-state index contributed by atoms with van der Waals surface area (Å²) in [6, 6.07) is 0.290. The lowest BCUT2D eigenvalue weighted by Gasteiger charge is -2.40. The Balaban J connectivity index is -0.000000293. The Hall–Kier alpha value is -3.30. The Morgan fingerprint density at radius 1 is 0.932 bits per heavy atom. The van der Waals surface area contributed by atoms with Crippen LogP contribution in [0.3, 0.4) is 0 Å². The van der Waals surface area contributed by atoms with E-state index < -0.39 is 0 Å². The maximum Gasteiger partial charge on any atom is 0.226 e. The van der Waals surface area contributed by atoms with E-state index in [4.69, 9.17) is 54.6 Å². The number of carbonyl (C=O) groups excluding carboxylic acids is 5. The Kier molecular flexibility index (Phi) is 60.7. The lowest BCUT2D eigenvalue weighted by molar-refractivity contribution is -0.143. The molecule has 17 nitrogen and oxygen atoms in total. The van der Waals surface area contributed by atoms with Gasteiger partial charge in [-0.25, -0.2) is 9.82 Å². The number of amides is 4. The van der Waals surface area contributed by atoms with Gasteiger partial charge in [0.25, 0.3) is 0 Å². The maximum absolute atomic E-state index is 13.1. The van der Waals surface area contributed by atoms with Crippen LogP contribution < -0.4 is 16.3 Å². The summed E-state index contributed by atoms with van der Waals surface area (Å²) in [6.07, 6.45) is 14.8. The number of methoxy groups -OCH3 is 3. The predicted octanol–water partition coefficient (Wildman–Crippen LogP) is 8.86. The van der Waals surface area contributed by atoms with Gasteiger partial charge >= 0.3 is 0 Å². The first-order valence-electron chi connectivity index (χ1n) is 25.3. The number of nitrogens with one attached hydrogen (secondary N) is 1. The third kappa shape index (κ3) is 39.7. The molecular formula is C53H100Cl2N6O11S. The summed E-state index contributed by atoms with van der Waals surface area (Å²) in [5, 5.41) is 3.10. The molecule has 2 rings (SSSR count). The van der Waals surface area contributed by atoms with Crippen LogP contribution in [0.4, 0.5) is 0 Å². The average molecular weight is 1100 g/mol. The van der Waals surface area contributed by atoms with E-state index in [1.54, 1.807) is 38.7 Å². The highest BCUT2D eigenvalue weighted by Crippen LogP contribution is 2.38. The van der Waals surface area contributed by atoms with Crippen molar-refractivity contribution < 1.29 is 52.4 Å². The first-order valence-corrected chi connectivity index (χ1v) is 27.0. The second-order valence-electron chi connectivity index (χ2n) is 17.1. The summed E-state index contributed by atoms with van der Waals surface area (Å²) in [5.74, 6) is 2.38. The fraction of sp³-hybridized carbons (Fsp3) is 0.736. The van der Waals surface area contributed by atoms with Gasteiger partial charge in [0, 0.05) is 64.9 Å². The Labute approximate surface area is 455 Å². The number of hydrogen-bond acceptors (Lipinski definition) is 14. The number of rotatable bonds is 32. The van der Waals surface area contributed by atoms with Crippen molar-refractivity contribution in [3.05, 3.63) is 53.5 Å². The third-order valence-electron chi connectivity index (χ3n) is 11.5. The first-order chi connectivity index (χ1) is 35.0. The van der Waals surface area contributed by atoms with Gasteiger partial charge in [0.2, 0.25) is 30.9 Å². The van der Waals surface area contributed by atoms with E-state index in [-0.39, 0.29) is 66.5 Å². The van der Waals surface area contributed by atoms with Crippen LogP contribution in [-0.4, -0.2) is 158 Å².